The van der Waals surface area contributed by atoms with Gasteiger partial charge in [-0.3, -0.25) is 0 Å². The minimum Gasteiger partial charge on any atom is -0.307 e. The van der Waals surface area contributed by atoms with Crippen LogP contribution in [-0.4, -0.2) is 11.0 Å². The van der Waals surface area contributed by atoms with Gasteiger partial charge in [0.15, 0.2) is 0 Å². The molecule has 1 aromatic heterocycles. The van der Waals surface area contributed by atoms with E-state index in [1.54, 1.807) is 11.3 Å². The number of thiazole rings is 1. The molecule has 1 saturated carbocycles. The maximum absolute atomic E-state index is 4.27. The van der Waals surface area contributed by atoms with Crippen LogP contribution < -0.4 is 5.32 Å². The maximum Gasteiger partial charge on any atom is 0.0798 e. The van der Waals surface area contributed by atoms with Crippen molar-refractivity contribution in [2.45, 2.75) is 45.2 Å². The molecular formula is C10H16N2S. The van der Waals surface area contributed by atoms with Crippen molar-refractivity contribution in [2.24, 2.45) is 0 Å². The van der Waals surface area contributed by atoms with Crippen LogP contribution in [0.25, 0.3) is 0 Å². The third-order valence-electron chi connectivity index (χ3n) is 2.77. The van der Waals surface area contributed by atoms with Gasteiger partial charge in [0, 0.05) is 17.0 Å². The Morgan fingerprint density at radius 2 is 2.38 bits per heavy atom. The Kier molecular flexibility index (Phi) is 2.65. The normalized spacial score (nSPS) is 19.8. The molecule has 1 atom stereocenters. The summed E-state index contributed by atoms with van der Waals surface area (Å²) in [6.45, 7) is 4.32. The van der Waals surface area contributed by atoms with E-state index in [4.69, 9.17) is 0 Å². The number of aromatic nitrogens is 1. The van der Waals surface area contributed by atoms with E-state index in [1.807, 2.05) is 5.51 Å². The van der Waals surface area contributed by atoms with E-state index in [2.05, 4.69) is 24.1 Å². The van der Waals surface area contributed by atoms with Crippen LogP contribution in [0.3, 0.4) is 0 Å². The molecule has 1 heterocycles. The molecular weight excluding hydrogens is 180 g/mol. The summed E-state index contributed by atoms with van der Waals surface area (Å²) in [4.78, 5) is 5.66. The second-order valence-corrected chi connectivity index (χ2v) is 4.70. The third-order valence-corrected chi connectivity index (χ3v) is 3.88. The molecule has 0 spiro atoms. The number of hydrogen-bond acceptors (Lipinski definition) is 3. The van der Waals surface area contributed by atoms with Gasteiger partial charge in [-0.2, -0.15) is 0 Å². The van der Waals surface area contributed by atoms with E-state index in [0.717, 1.165) is 6.04 Å². The Hall–Kier alpha value is -0.410. The summed E-state index contributed by atoms with van der Waals surface area (Å²) in [6.07, 6.45) is 4.09. The van der Waals surface area contributed by atoms with Crippen LogP contribution in [0.1, 0.15) is 42.8 Å². The van der Waals surface area contributed by atoms with Crippen molar-refractivity contribution in [2.75, 3.05) is 0 Å². The van der Waals surface area contributed by atoms with E-state index in [9.17, 15) is 0 Å². The van der Waals surface area contributed by atoms with Crippen molar-refractivity contribution >= 4 is 11.3 Å². The highest BCUT2D eigenvalue weighted by Crippen LogP contribution is 2.26. The molecule has 2 rings (SSSR count). The summed E-state index contributed by atoms with van der Waals surface area (Å²) in [5.41, 5.74) is 3.12. The Bertz CT molecular complexity index is 278. The Morgan fingerprint density at radius 3 is 2.85 bits per heavy atom. The lowest BCUT2D eigenvalue weighted by molar-refractivity contribution is 0.314. The molecule has 0 saturated heterocycles. The number of aryl methyl sites for hydroxylation is 1. The fourth-order valence-corrected chi connectivity index (χ4v) is 2.55. The summed E-state index contributed by atoms with van der Waals surface area (Å²) in [7, 11) is 0. The maximum atomic E-state index is 4.27. The minimum absolute atomic E-state index is 0.484. The third kappa shape index (κ3) is 1.92. The molecule has 1 fully saturated rings. The summed E-state index contributed by atoms with van der Waals surface area (Å²) in [5.74, 6) is 0. The van der Waals surface area contributed by atoms with Crippen LogP contribution in [-0.2, 0) is 0 Å². The van der Waals surface area contributed by atoms with Gasteiger partial charge in [-0.15, -0.1) is 11.3 Å². The first-order valence-corrected chi connectivity index (χ1v) is 5.81. The molecule has 1 aliphatic rings. The number of rotatable bonds is 3. The fraction of sp³-hybridized carbons (Fsp3) is 0.700. The van der Waals surface area contributed by atoms with E-state index in [0.29, 0.717) is 6.04 Å². The summed E-state index contributed by atoms with van der Waals surface area (Å²) >= 11 is 1.76. The van der Waals surface area contributed by atoms with Crippen molar-refractivity contribution < 1.29 is 0 Å². The largest absolute Gasteiger partial charge is 0.307 e. The van der Waals surface area contributed by atoms with Crippen LogP contribution in [0.5, 0.6) is 0 Å². The molecule has 1 aromatic rings. The van der Waals surface area contributed by atoms with Gasteiger partial charge in [0.05, 0.1) is 11.2 Å². The molecule has 1 N–H and O–H groups in total. The van der Waals surface area contributed by atoms with Gasteiger partial charge in [-0.05, 0) is 26.7 Å². The van der Waals surface area contributed by atoms with Crippen molar-refractivity contribution in [3.63, 3.8) is 0 Å². The van der Waals surface area contributed by atoms with Gasteiger partial charge in [-0.1, -0.05) is 6.42 Å². The first kappa shape index (κ1) is 9.16. The lowest BCUT2D eigenvalue weighted by Crippen LogP contribution is -2.36. The smallest absolute Gasteiger partial charge is 0.0798 e. The molecule has 13 heavy (non-hydrogen) atoms. The predicted octanol–water partition coefficient (Wildman–Crippen LogP) is 2.65. The first-order valence-electron chi connectivity index (χ1n) is 4.93. The van der Waals surface area contributed by atoms with Crippen LogP contribution in [0.15, 0.2) is 5.51 Å². The highest BCUT2D eigenvalue weighted by molar-refractivity contribution is 7.09. The van der Waals surface area contributed by atoms with Crippen molar-refractivity contribution in [1.82, 2.24) is 10.3 Å². The molecule has 0 aliphatic heterocycles. The monoisotopic (exact) mass is 196 g/mol. The zero-order valence-electron chi connectivity index (χ0n) is 8.21. The van der Waals surface area contributed by atoms with Gasteiger partial charge >= 0.3 is 0 Å². The number of hydrogen-bond donors (Lipinski definition) is 1. The molecule has 1 aliphatic carbocycles. The standard InChI is InChI=1S/C10H16N2S/c1-7-10(13-6-11-7)8(2)12-9-4-3-5-9/h6,8-9,12H,3-5H2,1-2H3. The average Bonchev–Trinajstić information content (AvgIpc) is 2.43. The molecule has 0 bridgehead atoms. The first-order chi connectivity index (χ1) is 6.27. The quantitative estimate of drug-likeness (QED) is 0.804. The van der Waals surface area contributed by atoms with Crippen molar-refractivity contribution in [1.29, 1.82) is 0 Å². The van der Waals surface area contributed by atoms with Gasteiger partial charge in [0.25, 0.3) is 0 Å². The Balaban J connectivity index is 1.96. The molecule has 3 heteroatoms. The van der Waals surface area contributed by atoms with Crippen LogP contribution >= 0.6 is 11.3 Å². The summed E-state index contributed by atoms with van der Waals surface area (Å²) in [6, 6.07) is 1.24. The van der Waals surface area contributed by atoms with E-state index in [-0.39, 0.29) is 0 Å². The summed E-state index contributed by atoms with van der Waals surface area (Å²) < 4.78 is 0. The predicted molar refractivity (Wildman–Crippen MR) is 56.0 cm³/mol. The molecule has 2 nitrogen and oxygen atoms in total. The molecule has 0 amide bonds. The second kappa shape index (κ2) is 3.76. The lowest BCUT2D eigenvalue weighted by Gasteiger charge is -2.29. The minimum atomic E-state index is 0.484. The highest BCUT2D eigenvalue weighted by atomic mass is 32.1. The molecule has 0 radical (unpaired) electrons. The van der Waals surface area contributed by atoms with E-state index >= 15 is 0 Å². The van der Waals surface area contributed by atoms with Gasteiger partial charge in [0.2, 0.25) is 0 Å². The topological polar surface area (TPSA) is 24.9 Å². The van der Waals surface area contributed by atoms with Crippen LogP contribution in [0, 0.1) is 6.92 Å². The fourth-order valence-electron chi connectivity index (χ4n) is 1.73. The number of nitrogens with one attached hydrogen (secondary N) is 1. The molecule has 72 valence electrons. The highest BCUT2D eigenvalue weighted by Gasteiger charge is 2.20. The van der Waals surface area contributed by atoms with Crippen molar-refractivity contribution in [3.05, 3.63) is 16.1 Å². The molecule has 0 aromatic carbocycles. The van der Waals surface area contributed by atoms with E-state index in [1.165, 1.54) is 29.8 Å². The Morgan fingerprint density at radius 1 is 1.62 bits per heavy atom. The lowest BCUT2D eigenvalue weighted by atomic mass is 9.92. The van der Waals surface area contributed by atoms with Gasteiger partial charge in [-0.25, -0.2) is 4.98 Å². The number of nitrogens with zero attached hydrogens (tertiary/aromatic N) is 1. The molecule has 1 unspecified atom stereocenters. The van der Waals surface area contributed by atoms with Crippen LogP contribution in [0.2, 0.25) is 0 Å². The average molecular weight is 196 g/mol. The second-order valence-electron chi connectivity index (χ2n) is 3.82. The van der Waals surface area contributed by atoms with E-state index < -0.39 is 0 Å². The van der Waals surface area contributed by atoms with Gasteiger partial charge in [0.1, 0.15) is 0 Å². The summed E-state index contributed by atoms with van der Waals surface area (Å²) in [5, 5.41) is 3.63. The van der Waals surface area contributed by atoms with Crippen molar-refractivity contribution in [3.8, 4) is 0 Å². The SMILES string of the molecule is Cc1ncsc1C(C)NC1CCC1. The van der Waals surface area contributed by atoms with Gasteiger partial charge < -0.3 is 5.32 Å². The zero-order valence-corrected chi connectivity index (χ0v) is 9.03. The zero-order chi connectivity index (χ0) is 9.26. The Labute approximate surface area is 83.4 Å². The van der Waals surface area contributed by atoms with Crippen LogP contribution in [0.4, 0.5) is 0 Å².